The van der Waals surface area contributed by atoms with E-state index in [1.807, 2.05) is 44.2 Å². The van der Waals surface area contributed by atoms with Gasteiger partial charge in [-0.1, -0.05) is 17.0 Å². The van der Waals surface area contributed by atoms with Gasteiger partial charge in [0.2, 0.25) is 5.91 Å². The molecular formula is C23H27N7O3S. The zero-order chi connectivity index (χ0) is 24.2. The third-order valence-electron chi connectivity index (χ3n) is 5.77. The molecule has 10 nitrogen and oxygen atoms in total. The maximum Gasteiger partial charge on any atom is 0.276 e. The van der Waals surface area contributed by atoms with Gasteiger partial charge in [-0.25, -0.2) is 14.6 Å². The fourth-order valence-corrected chi connectivity index (χ4v) is 4.88. The minimum absolute atomic E-state index is 0.198. The van der Waals surface area contributed by atoms with Crippen LogP contribution in [0.3, 0.4) is 0 Å². The summed E-state index contributed by atoms with van der Waals surface area (Å²) in [7, 11) is 1.61. The molecule has 3 heterocycles. The molecule has 34 heavy (non-hydrogen) atoms. The van der Waals surface area contributed by atoms with Gasteiger partial charge in [-0.05, 0) is 57.0 Å². The van der Waals surface area contributed by atoms with Crippen LogP contribution in [0.1, 0.15) is 40.4 Å². The van der Waals surface area contributed by atoms with Crippen LogP contribution in [0.5, 0.6) is 5.75 Å². The number of aryl methyl sites for hydroxylation is 2. The minimum Gasteiger partial charge on any atom is -0.497 e. The van der Waals surface area contributed by atoms with Gasteiger partial charge in [0.15, 0.2) is 10.9 Å². The van der Waals surface area contributed by atoms with E-state index in [0.29, 0.717) is 42.5 Å². The Kier molecular flexibility index (Phi) is 7.11. The molecule has 1 aliphatic heterocycles. The van der Waals surface area contributed by atoms with Crippen molar-refractivity contribution in [1.82, 2.24) is 29.9 Å². The van der Waals surface area contributed by atoms with Gasteiger partial charge in [0.05, 0.1) is 18.5 Å². The first-order valence-electron chi connectivity index (χ1n) is 11.0. The number of carbonyl (C=O) groups excluding carboxylic acids is 2. The number of hydrogen-bond donors (Lipinski definition) is 1. The van der Waals surface area contributed by atoms with E-state index in [4.69, 9.17) is 10.5 Å². The second kappa shape index (κ2) is 10.2. The fourth-order valence-electron chi connectivity index (χ4n) is 3.94. The molecule has 0 spiro atoms. The lowest BCUT2D eigenvalue weighted by atomic mass is 9.96. The molecule has 0 saturated carbocycles. The van der Waals surface area contributed by atoms with Gasteiger partial charge < -0.3 is 15.4 Å². The number of thioether (sulfide) groups is 1. The maximum absolute atomic E-state index is 13.4. The number of nitrogens with two attached hydrogens (primary N) is 1. The van der Waals surface area contributed by atoms with Crippen LogP contribution in [-0.4, -0.2) is 61.9 Å². The van der Waals surface area contributed by atoms with Gasteiger partial charge >= 0.3 is 0 Å². The first kappa shape index (κ1) is 23.7. The van der Waals surface area contributed by atoms with E-state index in [1.54, 1.807) is 16.7 Å². The second-order valence-corrected chi connectivity index (χ2v) is 9.13. The Balaban J connectivity index is 1.63. The van der Waals surface area contributed by atoms with Crippen molar-refractivity contribution >= 4 is 23.6 Å². The van der Waals surface area contributed by atoms with Crippen molar-refractivity contribution in [3.8, 4) is 11.4 Å². The van der Waals surface area contributed by atoms with E-state index >= 15 is 0 Å². The lowest BCUT2D eigenvalue weighted by Gasteiger charge is -2.30. The van der Waals surface area contributed by atoms with Crippen molar-refractivity contribution in [2.45, 2.75) is 37.6 Å². The van der Waals surface area contributed by atoms with Crippen LogP contribution in [0.2, 0.25) is 0 Å². The smallest absolute Gasteiger partial charge is 0.276 e. The molecule has 2 amide bonds. The molecule has 0 bridgehead atoms. The number of primary amides is 1. The third-order valence-corrected chi connectivity index (χ3v) is 6.63. The quantitative estimate of drug-likeness (QED) is 0.402. The van der Waals surface area contributed by atoms with Crippen LogP contribution in [-0.2, 0) is 10.5 Å². The number of likely N-dealkylation sites (tertiary alicyclic amines) is 1. The minimum atomic E-state index is -0.317. The predicted molar refractivity (Wildman–Crippen MR) is 127 cm³/mol. The number of amides is 2. The Morgan fingerprint density at radius 1 is 1.12 bits per heavy atom. The highest BCUT2D eigenvalue weighted by molar-refractivity contribution is 7.98. The number of aromatic nitrogens is 5. The van der Waals surface area contributed by atoms with E-state index in [9.17, 15) is 9.59 Å². The van der Waals surface area contributed by atoms with Crippen LogP contribution < -0.4 is 10.5 Å². The molecule has 0 aliphatic carbocycles. The van der Waals surface area contributed by atoms with Crippen LogP contribution >= 0.6 is 11.8 Å². The SMILES string of the molecule is COc1ccc(-n2nnc(C(=O)N3CCC(C(N)=O)CC3)c2CSc2nc(C)cc(C)n2)cc1. The Hall–Kier alpha value is -3.47. The van der Waals surface area contributed by atoms with Gasteiger partial charge in [-0.2, -0.15) is 0 Å². The Morgan fingerprint density at radius 3 is 2.35 bits per heavy atom. The summed E-state index contributed by atoms with van der Waals surface area (Å²) < 4.78 is 6.92. The first-order chi connectivity index (χ1) is 16.4. The molecule has 1 fully saturated rings. The molecule has 1 aliphatic rings. The zero-order valence-electron chi connectivity index (χ0n) is 19.4. The van der Waals surface area contributed by atoms with Gasteiger partial charge in [-0.15, -0.1) is 5.10 Å². The highest BCUT2D eigenvalue weighted by atomic mass is 32.2. The van der Waals surface area contributed by atoms with E-state index in [0.717, 1.165) is 22.8 Å². The number of piperidine rings is 1. The van der Waals surface area contributed by atoms with Crippen LogP contribution in [0, 0.1) is 19.8 Å². The highest BCUT2D eigenvalue weighted by Gasteiger charge is 2.30. The summed E-state index contributed by atoms with van der Waals surface area (Å²) in [5, 5.41) is 9.18. The second-order valence-electron chi connectivity index (χ2n) is 8.19. The third kappa shape index (κ3) is 5.19. The number of benzene rings is 1. The first-order valence-corrected chi connectivity index (χ1v) is 12.0. The zero-order valence-corrected chi connectivity index (χ0v) is 20.2. The molecular weight excluding hydrogens is 454 g/mol. The van der Waals surface area contributed by atoms with Crippen molar-refractivity contribution in [3.05, 3.63) is 53.1 Å². The maximum atomic E-state index is 13.4. The molecule has 0 atom stereocenters. The Bertz CT molecular complexity index is 1170. The van der Waals surface area contributed by atoms with Crippen molar-refractivity contribution in [1.29, 1.82) is 0 Å². The summed E-state index contributed by atoms with van der Waals surface area (Å²) in [4.78, 5) is 35.6. The topological polar surface area (TPSA) is 129 Å². The summed E-state index contributed by atoms with van der Waals surface area (Å²) in [6.45, 7) is 4.75. The van der Waals surface area contributed by atoms with Gasteiger partial charge in [0.25, 0.3) is 5.91 Å². The molecule has 1 aromatic carbocycles. The fraction of sp³-hybridized carbons (Fsp3) is 0.391. The van der Waals surface area contributed by atoms with Crippen molar-refractivity contribution in [2.75, 3.05) is 20.2 Å². The molecule has 2 aromatic heterocycles. The lowest BCUT2D eigenvalue weighted by molar-refractivity contribution is -0.123. The summed E-state index contributed by atoms with van der Waals surface area (Å²) in [5.41, 5.74) is 8.89. The molecule has 2 N–H and O–H groups in total. The van der Waals surface area contributed by atoms with Crippen LogP contribution in [0.15, 0.2) is 35.5 Å². The normalized spacial score (nSPS) is 14.3. The Morgan fingerprint density at radius 2 is 1.76 bits per heavy atom. The number of carbonyl (C=O) groups is 2. The van der Waals surface area contributed by atoms with Crippen LogP contribution in [0.25, 0.3) is 5.69 Å². The summed E-state index contributed by atoms with van der Waals surface area (Å²) in [6, 6.07) is 9.30. The van der Waals surface area contributed by atoms with Crippen LogP contribution in [0.4, 0.5) is 0 Å². The average Bonchev–Trinajstić information content (AvgIpc) is 3.25. The van der Waals surface area contributed by atoms with Crippen molar-refractivity contribution < 1.29 is 14.3 Å². The molecule has 1 saturated heterocycles. The van der Waals surface area contributed by atoms with Gasteiger partial charge in [0, 0.05) is 36.1 Å². The molecule has 0 unspecified atom stereocenters. The highest BCUT2D eigenvalue weighted by Crippen LogP contribution is 2.26. The summed E-state index contributed by atoms with van der Waals surface area (Å²) in [6.07, 6.45) is 1.10. The van der Waals surface area contributed by atoms with Crippen molar-refractivity contribution in [3.63, 3.8) is 0 Å². The largest absolute Gasteiger partial charge is 0.497 e. The summed E-state index contributed by atoms with van der Waals surface area (Å²) >= 11 is 1.43. The predicted octanol–water partition coefficient (Wildman–Crippen LogP) is 2.31. The van der Waals surface area contributed by atoms with E-state index < -0.39 is 0 Å². The number of rotatable bonds is 7. The molecule has 4 rings (SSSR count). The average molecular weight is 482 g/mol. The number of hydrogen-bond acceptors (Lipinski definition) is 8. The van der Waals surface area contributed by atoms with Gasteiger partial charge in [-0.3, -0.25) is 9.59 Å². The molecule has 178 valence electrons. The molecule has 0 radical (unpaired) electrons. The molecule has 11 heteroatoms. The molecule has 3 aromatic rings. The van der Waals surface area contributed by atoms with E-state index in [-0.39, 0.29) is 23.4 Å². The van der Waals surface area contributed by atoms with E-state index in [1.165, 1.54) is 11.8 Å². The van der Waals surface area contributed by atoms with E-state index in [2.05, 4.69) is 20.3 Å². The monoisotopic (exact) mass is 481 g/mol. The Labute approximate surface area is 201 Å². The van der Waals surface area contributed by atoms with Gasteiger partial charge in [0.1, 0.15) is 5.75 Å². The summed E-state index contributed by atoms with van der Waals surface area (Å²) in [5.74, 6) is 0.399. The number of nitrogens with zero attached hydrogens (tertiary/aromatic N) is 6. The standard InChI is InChI=1S/C23H27N7O3S/c1-14-12-15(2)26-23(25-14)34-13-19-20(22(32)29-10-8-16(9-11-29)21(24)31)27-28-30(19)17-4-6-18(33-3)7-5-17/h4-7,12,16H,8-11,13H2,1-3H3,(H2,24,31). The lowest BCUT2D eigenvalue weighted by Crippen LogP contribution is -2.42. The van der Waals surface area contributed by atoms with Crippen molar-refractivity contribution in [2.24, 2.45) is 11.7 Å². The number of methoxy groups -OCH3 is 1. The number of ether oxygens (including phenoxy) is 1.